The third-order valence-electron chi connectivity index (χ3n) is 3.40. The van der Waals surface area contributed by atoms with Gasteiger partial charge in [-0.05, 0) is 24.5 Å². The first-order valence-corrected chi connectivity index (χ1v) is 6.02. The normalized spacial score (nSPS) is 33.7. The summed E-state index contributed by atoms with van der Waals surface area (Å²) in [6.07, 6.45) is 0.951. The van der Waals surface area contributed by atoms with Crippen molar-refractivity contribution in [1.82, 2.24) is 0 Å². The lowest BCUT2D eigenvalue weighted by atomic mass is 9.62. The molecule has 1 saturated carbocycles. The zero-order valence-corrected chi connectivity index (χ0v) is 10.5. The summed E-state index contributed by atoms with van der Waals surface area (Å²) >= 11 is 6.09. The first kappa shape index (κ1) is 12.6. The standard InChI is InChI=1S/C12H15BClNO2/c13-11(17)6-5-10(16)12(15,7-11)8-3-1-2-4-9(8)14/h1-4,17H,5-7,13,15H2. The highest BCUT2D eigenvalue weighted by Gasteiger charge is 2.46. The van der Waals surface area contributed by atoms with Crippen molar-refractivity contribution in [3.05, 3.63) is 34.9 Å². The Bertz CT molecular complexity index is 464. The number of ketones is 1. The summed E-state index contributed by atoms with van der Waals surface area (Å²) in [5.41, 5.74) is 4.73. The maximum absolute atomic E-state index is 12.1. The second kappa shape index (κ2) is 4.12. The summed E-state index contributed by atoms with van der Waals surface area (Å²) in [5, 5.41) is 10.6. The largest absolute Gasteiger partial charge is 0.399 e. The summed E-state index contributed by atoms with van der Waals surface area (Å²) in [6, 6.07) is 7.05. The van der Waals surface area contributed by atoms with E-state index in [9.17, 15) is 9.90 Å². The maximum Gasteiger partial charge on any atom is 0.157 e. The van der Waals surface area contributed by atoms with E-state index < -0.39 is 11.0 Å². The third-order valence-corrected chi connectivity index (χ3v) is 3.73. The Morgan fingerprint density at radius 2 is 2.06 bits per heavy atom. The van der Waals surface area contributed by atoms with Crippen LogP contribution in [0, 0.1) is 0 Å². The number of rotatable bonds is 1. The molecule has 0 saturated heterocycles. The van der Waals surface area contributed by atoms with Crippen molar-refractivity contribution in [2.75, 3.05) is 0 Å². The highest BCUT2D eigenvalue weighted by molar-refractivity contribution is 6.31. The monoisotopic (exact) mass is 251 g/mol. The van der Waals surface area contributed by atoms with Gasteiger partial charge >= 0.3 is 0 Å². The summed E-state index contributed by atoms with van der Waals surface area (Å²) in [7, 11) is 1.71. The second-order valence-electron chi connectivity index (χ2n) is 5.05. The quantitative estimate of drug-likeness (QED) is 0.717. The van der Waals surface area contributed by atoms with E-state index in [1.54, 1.807) is 32.1 Å². The zero-order chi connectivity index (χ0) is 12.7. The smallest absolute Gasteiger partial charge is 0.157 e. The fourth-order valence-electron chi connectivity index (χ4n) is 2.46. The molecule has 2 rings (SSSR count). The SMILES string of the molecule is BC1(O)CCC(=O)C(N)(c2ccccc2Cl)C1. The van der Waals surface area contributed by atoms with E-state index in [0.29, 0.717) is 17.0 Å². The summed E-state index contributed by atoms with van der Waals surface area (Å²) < 4.78 is 0. The van der Waals surface area contributed by atoms with Crippen LogP contribution in [0.25, 0.3) is 0 Å². The molecule has 0 amide bonds. The van der Waals surface area contributed by atoms with Gasteiger partial charge in [0.1, 0.15) is 13.4 Å². The van der Waals surface area contributed by atoms with Crippen LogP contribution in [0.1, 0.15) is 24.8 Å². The minimum Gasteiger partial charge on any atom is -0.399 e. The van der Waals surface area contributed by atoms with Crippen LogP contribution in [0.4, 0.5) is 0 Å². The number of Topliss-reactive ketones (excluding diaryl/α,β-unsaturated/α-hetero) is 1. The van der Waals surface area contributed by atoms with E-state index in [1.807, 2.05) is 0 Å². The van der Waals surface area contributed by atoms with Gasteiger partial charge in [-0.15, -0.1) is 0 Å². The molecular formula is C12H15BClNO2. The molecule has 3 N–H and O–H groups in total. The predicted octanol–water partition coefficient (Wildman–Crippen LogP) is 0.569. The number of nitrogens with two attached hydrogens (primary N) is 1. The molecule has 0 heterocycles. The molecule has 1 aliphatic rings. The van der Waals surface area contributed by atoms with Gasteiger partial charge in [0.2, 0.25) is 0 Å². The van der Waals surface area contributed by atoms with Crippen molar-refractivity contribution in [2.24, 2.45) is 5.73 Å². The van der Waals surface area contributed by atoms with Gasteiger partial charge in [0.15, 0.2) is 5.78 Å². The van der Waals surface area contributed by atoms with Crippen LogP contribution in [0.3, 0.4) is 0 Å². The Balaban J connectivity index is 2.47. The molecule has 1 fully saturated rings. The van der Waals surface area contributed by atoms with Crippen molar-refractivity contribution >= 4 is 25.2 Å². The molecule has 3 nitrogen and oxygen atoms in total. The Morgan fingerprint density at radius 3 is 2.71 bits per heavy atom. The molecule has 90 valence electrons. The number of carbonyl (C=O) groups is 1. The number of hydrogen-bond donors (Lipinski definition) is 2. The average molecular weight is 252 g/mol. The Labute approximate surface area is 106 Å². The Kier molecular flexibility index (Phi) is 3.06. The summed E-state index contributed by atoms with van der Waals surface area (Å²) in [6.45, 7) is 0. The molecule has 2 unspecified atom stereocenters. The summed E-state index contributed by atoms with van der Waals surface area (Å²) in [4.78, 5) is 12.1. The zero-order valence-electron chi connectivity index (χ0n) is 9.74. The van der Waals surface area contributed by atoms with Crippen LogP contribution in [-0.4, -0.2) is 24.2 Å². The molecule has 0 aromatic heterocycles. The minimum absolute atomic E-state index is 0.0582. The molecule has 17 heavy (non-hydrogen) atoms. The van der Waals surface area contributed by atoms with E-state index in [1.165, 1.54) is 0 Å². The van der Waals surface area contributed by atoms with Crippen molar-refractivity contribution < 1.29 is 9.90 Å². The second-order valence-corrected chi connectivity index (χ2v) is 5.46. The van der Waals surface area contributed by atoms with Crippen LogP contribution >= 0.6 is 11.6 Å². The van der Waals surface area contributed by atoms with Gasteiger partial charge in [0.25, 0.3) is 0 Å². The van der Waals surface area contributed by atoms with E-state index in [4.69, 9.17) is 17.3 Å². The van der Waals surface area contributed by atoms with Gasteiger partial charge in [0, 0.05) is 16.9 Å². The van der Waals surface area contributed by atoms with Crippen molar-refractivity contribution in [3.63, 3.8) is 0 Å². The summed E-state index contributed by atoms with van der Waals surface area (Å²) in [5.74, 6) is -0.0582. The van der Waals surface area contributed by atoms with E-state index in [-0.39, 0.29) is 18.6 Å². The first-order chi connectivity index (χ1) is 7.85. The molecular weight excluding hydrogens is 236 g/mol. The van der Waals surface area contributed by atoms with Crippen molar-refractivity contribution in [3.8, 4) is 0 Å². The van der Waals surface area contributed by atoms with E-state index in [2.05, 4.69) is 0 Å². The molecule has 0 radical (unpaired) electrons. The highest BCUT2D eigenvalue weighted by atomic mass is 35.5. The fraction of sp³-hybridized carbons (Fsp3) is 0.417. The third kappa shape index (κ3) is 2.25. The van der Waals surface area contributed by atoms with Gasteiger partial charge in [0.05, 0.1) is 0 Å². The predicted molar refractivity (Wildman–Crippen MR) is 69.7 cm³/mol. The van der Waals surface area contributed by atoms with Crippen LogP contribution in [-0.2, 0) is 10.3 Å². The number of aliphatic hydroxyl groups is 1. The van der Waals surface area contributed by atoms with Gasteiger partial charge in [-0.25, -0.2) is 0 Å². The lowest BCUT2D eigenvalue weighted by Crippen LogP contribution is -2.55. The molecule has 0 aliphatic heterocycles. The molecule has 0 bridgehead atoms. The van der Waals surface area contributed by atoms with Crippen LogP contribution in [0.15, 0.2) is 24.3 Å². The van der Waals surface area contributed by atoms with E-state index in [0.717, 1.165) is 0 Å². The van der Waals surface area contributed by atoms with Crippen molar-refractivity contribution in [1.29, 1.82) is 0 Å². The van der Waals surface area contributed by atoms with Crippen LogP contribution < -0.4 is 5.73 Å². The van der Waals surface area contributed by atoms with Crippen molar-refractivity contribution in [2.45, 2.75) is 30.3 Å². The van der Waals surface area contributed by atoms with Gasteiger partial charge in [-0.1, -0.05) is 29.8 Å². The Morgan fingerprint density at radius 1 is 1.41 bits per heavy atom. The molecule has 1 aliphatic carbocycles. The number of benzene rings is 1. The first-order valence-electron chi connectivity index (χ1n) is 5.65. The Hall–Kier alpha value is -0.835. The highest BCUT2D eigenvalue weighted by Crippen LogP contribution is 2.39. The van der Waals surface area contributed by atoms with Crippen LogP contribution in [0.2, 0.25) is 5.02 Å². The minimum atomic E-state index is -1.17. The number of carbonyl (C=O) groups excluding carboxylic acids is 1. The van der Waals surface area contributed by atoms with Gasteiger partial charge in [-0.3, -0.25) is 4.79 Å². The van der Waals surface area contributed by atoms with E-state index >= 15 is 0 Å². The molecule has 1 aromatic carbocycles. The lowest BCUT2D eigenvalue weighted by molar-refractivity contribution is -0.130. The molecule has 0 spiro atoms. The number of halogens is 1. The van der Waals surface area contributed by atoms with Crippen LogP contribution in [0.5, 0.6) is 0 Å². The van der Waals surface area contributed by atoms with Gasteiger partial charge < -0.3 is 10.8 Å². The molecule has 1 aromatic rings. The lowest BCUT2D eigenvalue weighted by Gasteiger charge is -2.41. The molecule has 2 atom stereocenters. The average Bonchev–Trinajstić information content (AvgIpc) is 2.24. The topological polar surface area (TPSA) is 63.3 Å². The molecule has 5 heteroatoms. The van der Waals surface area contributed by atoms with Gasteiger partial charge in [-0.2, -0.15) is 0 Å². The number of hydrogen-bond acceptors (Lipinski definition) is 3. The maximum atomic E-state index is 12.1. The fourth-order valence-corrected chi connectivity index (χ4v) is 2.77.